The summed E-state index contributed by atoms with van der Waals surface area (Å²) in [5.74, 6) is -1.17. The highest BCUT2D eigenvalue weighted by atomic mass is 31.2. The minimum absolute atomic E-state index is 0.0312. The summed E-state index contributed by atoms with van der Waals surface area (Å²) in [5.41, 5.74) is 0. The van der Waals surface area contributed by atoms with Crippen LogP contribution in [0.3, 0.4) is 0 Å². The third-order valence-electron chi connectivity index (χ3n) is 8.50. The van der Waals surface area contributed by atoms with Gasteiger partial charge < -0.3 is 29.1 Å². The number of ether oxygens (including phenoxy) is 2. The Labute approximate surface area is 362 Å². The Morgan fingerprint density at radius 1 is 0.583 bits per heavy atom. The average Bonchev–Trinajstić information content (AvgIpc) is 3.19. The second-order valence-corrected chi connectivity index (χ2v) is 16.7. The average molecular weight is 861 g/mol. The summed E-state index contributed by atoms with van der Waals surface area (Å²) in [5, 5.41) is 20.7. The van der Waals surface area contributed by atoms with Gasteiger partial charge in [-0.15, -0.1) is 0 Å². The molecule has 0 bridgehead atoms. The van der Waals surface area contributed by atoms with Crippen molar-refractivity contribution in [2.45, 2.75) is 135 Å². The Balaban J connectivity index is 4.73. The van der Waals surface area contributed by atoms with Crippen molar-refractivity contribution >= 4 is 19.8 Å². The second kappa shape index (κ2) is 38.5. The second-order valence-electron chi connectivity index (χ2n) is 15.3. The lowest BCUT2D eigenvalue weighted by molar-refractivity contribution is -0.870. The van der Waals surface area contributed by atoms with Crippen molar-refractivity contribution < 1.29 is 52.3 Å². The number of nitrogens with zero attached hydrogens (tertiary/aromatic N) is 1. The highest BCUT2D eigenvalue weighted by Gasteiger charge is 2.27. The first-order chi connectivity index (χ1) is 28.8. The van der Waals surface area contributed by atoms with Gasteiger partial charge in [0, 0.05) is 12.8 Å². The van der Waals surface area contributed by atoms with E-state index < -0.39 is 51.3 Å². The molecule has 0 saturated heterocycles. The topological polar surface area (TPSA) is 149 Å². The van der Waals surface area contributed by atoms with E-state index in [0.29, 0.717) is 23.9 Å². The van der Waals surface area contributed by atoms with Crippen molar-refractivity contribution in [1.29, 1.82) is 0 Å². The van der Waals surface area contributed by atoms with E-state index in [4.69, 9.17) is 18.5 Å². The molecule has 0 fully saturated rings. The molecule has 0 aliphatic carbocycles. The van der Waals surface area contributed by atoms with Crippen molar-refractivity contribution in [1.82, 2.24) is 0 Å². The zero-order valence-corrected chi connectivity index (χ0v) is 38.3. The minimum atomic E-state index is -4.47. The van der Waals surface area contributed by atoms with Crippen LogP contribution in [0.25, 0.3) is 0 Å². The number of carbonyl (C=O) groups excluding carboxylic acids is 2. The molecule has 60 heavy (non-hydrogen) atoms. The van der Waals surface area contributed by atoms with E-state index in [2.05, 4.69) is 92.8 Å². The quantitative estimate of drug-likeness (QED) is 0.0181. The van der Waals surface area contributed by atoms with Gasteiger partial charge in [0.05, 0.1) is 40.0 Å². The maximum Gasteiger partial charge on any atom is 0.472 e. The zero-order valence-electron chi connectivity index (χ0n) is 37.4. The van der Waals surface area contributed by atoms with Gasteiger partial charge >= 0.3 is 19.8 Å². The van der Waals surface area contributed by atoms with Gasteiger partial charge in [-0.05, 0) is 89.9 Å². The lowest BCUT2D eigenvalue weighted by Crippen LogP contribution is -2.37. The summed E-state index contributed by atoms with van der Waals surface area (Å²) in [6.07, 6.45) is 44.7. The lowest BCUT2D eigenvalue weighted by Gasteiger charge is -2.24. The first kappa shape index (κ1) is 56.6. The number of rotatable bonds is 37. The smallest absolute Gasteiger partial charge is 0.462 e. The summed E-state index contributed by atoms with van der Waals surface area (Å²) in [6.45, 7) is 3.75. The van der Waals surface area contributed by atoms with Crippen molar-refractivity contribution in [3.8, 4) is 0 Å². The van der Waals surface area contributed by atoms with Crippen molar-refractivity contribution in [2.24, 2.45) is 0 Å². The predicted octanol–water partition coefficient (Wildman–Crippen LogP) is 10.3. The van der Waals surface area contributed by atoms with Crippen LogP contribution in [0.15, 0.2) is 109 Å². The summed E-state index contributed by atoms with van der Waals surface area (Å²) in [7, 11) is 1.26. The molecule has 0 heterocycles. The van der Waals surface area contributed by atoms with Crippen LogP contribution in [0.4, 0.5) is 0 Å². The number of hydrogen-bond acceptors (Lipinski definition) is 9. The molecular formula is C48H79NO10P+. The third-order valence-corrected chi connectivity index (χ3v) is 9.48. The molecule has 0 aliphatic rings. The van der Waals surface area contributed by atoms with E-state index in [0.717, 1.165) is 57.8 Å². The number of phosphoric ester groups is 1. The molecule has 12 heteroatoms. The molecule has 0 rings (SSSR count). The predicted molar refractivity (Wildman–Crippen MR) is 245 cm³/mol. The Bertz CT molecular complexity index is 1420. The van der Waals surface area contributed by atoms with Gasteiger partial charge in [0.2, 0.25) is 0 Å². The van der Waals surface area contributed by atoms with Gasteiger partial charge in [0.1, 0.15) is 19.8 Å². The van der Waals surface area contributed by atoms with Crippen LogP contribution < -0.4 is 0 Å². The monoisotopic (exact) mass is 861 g/mol. The van der Waals surface area contributed by atoms with E-state index in [1.165, 1.54) is 0 Å². The molecule has 11 nitrogen and oxygen atoms in total. The molecule has 0 spiro atoms. The maximum atomic E-state index is 12.7. The molecule has 340 valence electrons. The number of allylic oxidation sites excluding steroid dienone is 17. The van der Waals surface area contributed by atoms with Crippen LogP contribution in [-0.2, 0) is 32.7 Å². The van der Waals surface area contributed by atoms with Crippen LogP contribution in [-0.4, -0.2) is 97.3 Å². The SMILES string of the molecule is CC/C=C\C/C=C\C/C=C\C/C=C\C/C=C\CCCC(=O)O[C@H](COC(=O)CCC[C@H](O)[C@@H](O)C/C=C\C/C=C\C/C=C\C/C=C\CC)COP(=O)(O)OCC[N+](C)(C)C. The van der Waals surface area contributed by atoms with Gasteiger partial charge in [-0.1, -0.05) is 123 Å². The van der Waals surface area contributed by atoms with Gasteiger partial charge in [0.25, 0.3) is 0 Å². The number of carbonyl (C=O) groups is 2. The van der Waals surface area contributed by atoms with E-state index >= 15 is 0 Å². The molecule has 1 unspecified atom stereocenters. The number of hydrogen-bond donors (Lipinski definition) is 3. The standard InChI is InChI=1S/C48H78NO10P/c1-6-8-10-12-14-16-18-20-21-22-23-24-26-28-30-32-34-38-48(53)59-44(43-58-60(54,55)57-41-40-49(3,4)5)42-56-47(52)39-35-37-46(51)45(50)36-33-31-29-27-25-19-17-15-13-11-9-7-2/h8-11,14-17,20-21,23-25,27-28,30-31,33,44-46,50-51H,6-7,12-13,18-19,22,26,29,32,34-43H2,1-5H3/p+1/b10-8-,11-9-,16-14-,17-15-,21-20-,24-23-,27-25-,30-28-,33-31-/t44-,45+,46+/m1/s1. The van der Waals surface area contributed by atoms with E-state index in [9.17, 15) is 29.3 Å². The summed E-state index contributed by atoms with van der Waals surface area (Å²) in [4.78, 5) is 35.4. The summed E-state index contributed by atoms with van der Waals surface area (Å²) >= 11 is 0. The fourth-order valence-corrected chi connectivity index (χ4v) is 5.76. The van der Waals surface area contributed by atoms with Crippen molar-refractivity contribution in [3.05, 3.63) is 109 Å². The molecular weight excluding hydrogens is 781 g/mol. The summed E-state index contributed by atoms with van der Waals surface area (Å²) in [6, 6.07) is 0. The van der Waals surface area contributed by atoms with Gasteiger partial charge in [-0.3, -0.25) is 18.6 Å². The van der Waals surface area contributed by atoms with Gasteiger partial charge in [0.15, 0.2) is 6.10 Å². The van der Waals surface area contributed by atoms with Crippen LogP contribution >= 0.6 is 7.82 Å². The largest absolute Gasteiger partial charge is 0.472 e. The molecule has 4 atom stereocenters. The molecule has 0 aromatic heterocycles. The highest BCUT2D eigenvalue weighted by molar-refractivity contribution is 7.47. The molecule has 0 aromatic rings. The Morgan fingerprint density at radius 2 is 1.03 bits per heavy atom. The number of unbranched alkanes of at least 4 members (excludes halogenated alkanes) is 1. The fourth-order valence-electron chi connectivity index (χ4n) is 5.02. The normalized spacial score (nSPS) is 15.7. The molecule has 3 N–H and O–H groups in total. The fraction of sp³-hybridized carbons (Fsp3) is 0.583. The van der Waals surface area contributed by atoms with Crippen LogP contribution in [0.1, 0.15) is 117 Å². The number of aliphatic hydroxyl groups is 2. The van der Waals surface area contributed by atoms with Crippen LogP contribution in [0, 0.1) is 0 Å². The van der Waals surface area contributed by atoms with Gasteiger partial charge in [-0.2, -0.15) is 0 Å². The first-order valence-electron chi connectivity index (χ1n) is 21.8. The van der Waals surface area contributed by atoms with Crippen molar-refractivity contribution in [3.63, 3.8) is 0 Å². The Kier molecular flexibility index (Phi) is 36.3. The first-order valence-corrected chi connectivity index (χ1v) is 23.3. The zero-order chi connectivity index (χ0) is 44.6. The molecule has 0 amide bonds. The Morgan fingerprint density at radius 3 is 1.52 bits per heavy atom. The van der Waals surface area contributed by atoms with Crippen LogP contribution in [0.5, 0.6) is 0 Å². The van der Waals surface area contributed by atoms with E-state index in [1.54, 1.807) is 0 Å². The summed E-state index contributed by atoms with van der Waals surface area (Å²) < 4.78 is 34.0. The molecule has 0 saturated carbocycles. The number of esters is 2. The van der Waals surface area contributed by atoms with Crippen LogP contribution in [0.2, 0.25) is 0 Å². The number of aliphatic hydroxyl groups excluding tert-OH is 2. The maximum absolute atomic E-state index is 12.7. The number of likely N-dealkylation sites (N-methyl/N-ethyl adjacent to an activating group) is 1. The molecule has 0 aliphatic heterocycles. The van der Waals surface area contributed by atoms with E-state index in [-0.39, 0.29) is 38.7 Å². The third kappa shape index (κ3) is 40.0. The molecule has 0 aromatic carbocycles. The number of quaternary nitrogens is 1. The number of phosphoric acid groups is 1. The van der Waals surface area contributed by atoms with Crippen molar-refractivity contribution in [2.75, 3.05) is 47.5 Å². The van der Waals surface area contributed by atoms with Gasteiger partial charge in [-0.25, -0.2) is 4.57 Å². The van der Waals surface area contributed by atoms with E-state index in [1.807, 2.05) is 51.5 Å². The highest BCUT2D eigenvalue weighted by Crippen LogP contribution is 2.43. The Hall–Kier alpha value is -3.41. The minimum Gasteiger partial charge on any atom is -0.462 e. The lowest BCUT2D eigenvalue weighted by atomic mass is 10.0. The molecule has 0 radical (unpaired) electrons.